The molecule has 3 unspecified atom stereocenters. The van der Waals surface area contributed by atoms with E-state index in [1.165, 1.54) is 0 Å². The summed E-state index contributed by atoms with van der Waals surface area (Å²) >= 11 is 0. The number of Topliss-reactive ketones (excluding diaryl/α,β-unsaturated/α-hetero) is 1. The van der Waals surface area contributed by atoms with Crippen molar-refractivity contribution < 1.29 is 24.2 Å². The van der Waals surface area contributed by atoms with Crippen LogP contribution < -0.4 is 0 Å². The van der Waals surface area contributed by atoms with Gasteiger partial charge in [-0.15, -0.1) is 0 Å². The summed E-state index contributed by atoms with van der Waals surface area (Å²) in [6.45, 7) is 13.1. The van der Waals surface area contributed by atoms with Gasteiger partial charge in [0.2, 0.25) is 0 Å². The molecule has 1 N–H and O–H groups in total. The quantitative estimate of drug-likeness (QED) is 0.308. The third kappa shape index (κ3) is 3.68. The molecule has 0 radical (unpaired) electrons. The second kappa shape index (κ2) is 8.03. The van der Waals surface area contributed by atoms with E-state index in [1.807, 2.05) is 83.2 Å². The largest absolute Gasteiger partial charge is 0.460 e. The fraction of sp³-hybridized carbons (Fsp3) is 0.538. The number of hydrogen-bond donors (Lipinski definition) is 1. The second-order valence-electron chi connectivity index (χ2n) is 9.70. The molecule has 5 heteroatoms. The van der Waals surface area contributed by atoms with E-state index < -0.39 is 34.6 Å². The molecular weight excluding hydrogens is 392 g/mol. The summed E-state index contributed by atoms with van der Waals surface area (Å²) in [7, 11) is 0. The van der Waals surface area contributed by atoms with Crippen LogP contribution in [-0.4, -0.2) is 40.8 Å². The summed E-state index contributed by atoms with van der Waals surface area (Å²) < 4.78 is 11.5. The second-order valence-corrected chi connectivity index (χ2v) is 9.70. The lowest BCUT2D eigenvalue weighted by Crippen LogP contribution is -2.46. The first kappa shape index (κ1) is 23.4. The summed E-state index contributed by atoms with van der Waals surface area (Å²) in [6.07, 6.45) is 14.3. The van der Waals surface area contributed by atoms with Crippen molar-refractivity contribution in [2.75, 3.05) is 0 Å². The van der Waals surface area contributed by atoms with E-state index in [2.05, 4.69) is 0 Å². The number of rotatable bonds is 5. The molecule has 168 valence electrons. The summed E-state index contributed by atoms with van der Waals surface area (Å²) in [6, 6.07) is 0. The lowest BCUT2D eigenvalue weighted by Gasteiger charge is -2.38. The number of hydrogen-bond acceptors (Lipinski definition) is 5. The predicted molar refractivity (Wildman–Crippen MR) is 120 cm³/mol. The van der Waals surface area contributed by atoms with Gasteiger partial charge in [0.05, 0.1) is 12.0 Å². The average molecular weight is 427 g/mol. The van der Waals surface area contributed by atoms with E-state index >= 15 is 0 Å². The number of carbonyl (C=O) groups excluding carboxylic acids is 2. The molecule has 0 aromatic rings. The van der Waals surface area contributed by atoms with Gasteiger partial charge in [-0.3, -0.25) is 9.59 Å². The van der Waals surface area contributed by atoms with E-state index in [9.17, 15) is 14.7 Å². The van der Waals surface area contributed by atoms with Crippen molar-refractivity contribution in [3.05, 3.63) is 59.8 Å². The van der Waals surface area contributed by atoms with Crippen molar-refractivity contribution in [3.8, 4) is 0 Å². The average Bonchev–Trinajstić information content (AvgIpc) is 2.97. The molecule has 3 rings (SSSR count). The van der Waals surface area contributed by atoms with Gasteiger partial charge in [0.15, 0.2) is 5.78 Å². The van der Waals surface area contributed by atoms with Crippen LogP contribution in [0.25, 0.3) is 0 Å². The molecule has 0 aromatic carbocycles. The zero-order chi connectivity index (χ0) is 23.2. The van der Waals surface area contributed by atoms with E-state index in [0.29, 0.717) is 0 Å². The molecule has 7 atom stereocenters. The summed E-state index contributed by atoms with van der Waals surface area (Å²) in [4.78, 5) is 24.8. The van der Waals surface area contributed by atoms with Gasteiger partial charge >= 0.3 is 5.97 Å². The molecule has 2 heterocycles. The van der Waals surface area contributed by atoms with Gasteiger partial charge in [-0.05, 0) is 51.8 Å². The first-order valence-electron chi connectivity index (χ1n) is 10.9. The number of allylic oxidation sites excluding steroid dienone is 6. The molecule has 1 saturated heterocycles. The van der Waals surface area contributed by atoms with Crippen molar-refractivity contribution in [3.63, 3.8) is 0 Å². The van der Waals surface area contributed by atoms with Crippen molar-refractivity contribution >= 4 is 11.8 Å². The highest BCUT2D eigenvalue weighted by atomic mass is 16.6. The van der Waals surface area contributed by atoms with E-state index in [4.69, 9.17) is 9.47 Å². The van der Waals surface area contributed by atoms with Gasteiger partial charge in [-0.25, -0.2) is 0 Å². The van der Waals surface area contributed by atoms with Gasteiger partial charge in [-0.1, -0.05) is 56.4 Å². The minimum atomic E-state index is -1.11. The molecule has 5 nitrogen and oxygen atoms in total. The van der Waals surface area contributed by atoms with Crippen molar-refractivity contribution in [1.82, 2.24) is 0 Å². The fourth-order valence-electron chi connectivity index (χ4n) is 5.12. The maximum Gasteiger partial charge on any atom is 0.320 e. The van der Waals surface area contributed by atoms with Crippen molar-refractivity contribution in [1.29, 1.82) is 0 Å². The lowest BCUT2D eigenvalue weighted by molar-refractivity contribution is -0.161. The molecule has 2 aliphatic heterocycles. The van der Waals surface area contributed by atoms with Crippen LogP contribution in [0, 0.1) is 16.7 Å². The van der Waals surface area contributed by atoms with Crippen LogP contribution in [0.1, 0.15) is 48.5 Å². The number of fused-ring (bicyclic) bond motifs is 2. The number of aliphatic hydroxyl groups is 1. The zero-order valence-electron chi connectivity index (χ0n) is 19.5. The number of esters is 1. The Hall–Kier alpha value is -2.24. The highest BCUT2D eigenvalue weighted by Gasteiger charge is 2.73. The zero-order valence-corrected chi connectivity index (χ0v) is 19.5. The summed E-state index contributed by atoms with van der Waals surface area (Å²) in [5.41, 5.74) is -0.827. The number of ketones is 1. The Morgan fingerprint density at radius 2 is 1.68 bits per heavy atom. The minimum absolute atomic E-state index is 0.0258. The highest BCUT2D eigenvalue weighted by molar-refractivity contribution is 6.10. The smallest absolute Gasteiger partial charge is 0.320 e. The van der Waals surface area contributed by atoms with Gasteiger partial charge in [-0.2, -0.15) is 0 Å². The molecule has 2 bridgehead atoms. The SMILES string of the molecule is CC1=C[C@@](C)(O)[C@H](/C(C)=C/C=C/C=C/C=C/[C@@]2(C)C3OC(=O)C2(C)C(=O)C3C)O[C@H]1C. The molecule has 1 saturated carbocycles. The Kier molecular flexibility index (Phi) is 6.07. The monoisotopic (exact) mass is 426 g/mol. The van der Waals surface area contributed by atoms with Gasteiger partial charge < -0.3 is 14.6 Å². The van der Waals surface area contributed by atoms with Crippen LogP contribution in [0.3, 0.4) is 0 Å². The van der Waals surface area contributed by atoms with Crippen LogP contribution in [-0.2, 0) is 19.1 Å². The van der Waals surface area contributed by atoms with Crippen LogP contribution >= 0.6 is 0 Å². The highest BCUT2D eigenvalue weighted by Crippen LogP contribution is 2.60. The Balaban J connectivity index is 1.65. The third-order valence-corrected chi connectivity index (χ3v) is 7.36. The molecular formula is C26H34O5. The Bertz CT molecular complexity index is 918. The predicted octanol–water partition coefficient (Wildman–Crippen LogP) is 4.24. The summed E-state index contributed by atoms with van der Waals surface area (Å²) in [5, 5.41) is 10.7. The van der Waals surface area contributed by atoms with Crippen LogP contribution in [0.4, 0.5) is 0 Å². The van der Waals surface area contributed by atoms with Crippen LogP contribution in [0.5, 0.6) is 0 Å². The topological polar surface area (TPSA) is 72.8 Å². The molecule has 1 aliphatic carbocycles. The minimum Gasteiger partial charge on any atom is -0.460 e. The normalized spacial score (nSPS) is 43.5. The fourth-order valence-corrected chi connectivity index (χ4v) is 5.12. The molecule has 31 heavy (non-hydrogen) atoms. The Labute approximate surface area is 185 Å². The molecule has 0 spiro atoms. The van der Waals surface area contributed by atoms with Crippen molar-refractivity contribution in [2.45, 2.75) is 72.4 Å². The Morgan fingerprint density at radius 3 is 2.32 bits per heavy atom. The molecule has 2 fully saturated rings. The number of ether oxygens (including phenoxy) is 2. The van der Waals surface area contributed by atoms with Gasteiger partial charge in [0.1, 0.15) is 23.2 Å². The van der Waals surface area contributed by atoms with Gasteiger partial charge in [0, 0.05) is 5.41 Å². The first-order valence-corrected chi connectivity index (χ1v) is 10.9. The van der Waals surface area contributed by atoms with E-state index in [0.717, 1.165) is 11.1 Å². The Morgan fingerprint density at radius 1 is 1.06 bits per heavy atom. The summed E-state index contributed by atoms with van der Waals surface area (Å²) in [5.74, 6) is -0.738. The lowest BCUT2D eigenvalue weighted by atomic mass is 9.68. The number of carbonyl (C=O) groups is 2. The van der Waals surface area contributed by atoms with Crippen LogP contribution in [0.2, 0.25) is 0 Å². The molecule has 0 amide bonds. The van der Waals surface area contributed by atoms with Crippen molar-refractivity contribution in [2.24, 2.45) is 16.7 Å². The first-order chi connectivity index (χ1) is 14.4. The third-order valence-electron chi connectivity index (χ3n) is 7.36. The van der Waals surface area contributed by atoms with E-state index in [1.54, 1.807) is 13.8 Å². The standard InChI is InChI=1S/C26H34O5/c1-16(21-25(6,29)15-17(2)19(4)30-21)13-11-9-8-10-12-14-24(5)22-18(3)20(27)26(24,7)23(28)31-22/h8-15,18-19,21-22,29H,1-7H3/b10-8+,11-9+,14-12+,16-13+/t18?,19-,21-,22?,24-,25+,26?/m0/s1. The maximum absolute atomic E-state index is 12.6. The van der Waals surface area contributed by atoms with Crippen LogP contribution in [0.15, 0.2) is 59.8 Å². The molecule has 3 aliphatic rings. The van der Waals surface area contributed by atoms with Gasteiger partial charge in [0.25, 0.3) is 0 Å². The maximum atomic E-state index is 12.6. The van der Waals surface area contributed by atoms with E-state index in [-0.39, 0.29) is 17.8 Å². The molecule has 0 aromatic heterocycles.